The Hall–Kier alpha value is -0.900. The minimum absolute atomic E-state index is 0.182. The highest BCUT2D eigenvalue weighted by molar-refractivity contribution is 9.10. The molecule has 0 spiro atoms. The van der Waals surface area contributed by atoms with Gasteiger partial charge in [0.2, 0.25) is 0 Å². The van der Waals surface area contributed by atoms with Gasteiger partial charge in [-0.1, -0.05) is 0 Å². The van der Waals surface area contributed by atoms with Crippen LogP contribution in [-0.4, -0.2) is 12.8 Å². The van der Waals surface area contributed by atoms with Gasteiger partial charge in [0.15, 0.2) is 0 Å². The molecule has 1 aliphatic rings. The van der Waals surface area contributed by atoms with Crippen molar-refractivity contribution < 1.29 is 9.18 Å². The maximum Gasteiger partial charge on any atom is 0.127 e. The summed E-state index contributed by atoms with van der Waals surface area (Å²) in [6.07, 6.45) is 1.61. The Morgan fingerprint density at radius 2 is 2.36 bits per heavy atom. The number of hydrogen-bond donors (Lipinski definition) is 1. The number of carbonyl (C=O) groups is 1. The first-order valence-corrected chi connectivity index (χ1v) is 5.20. The molecule has 1 N–H and O–H groups in total. The quantitative estimate of drug-likeness (QED) is 0.784. The fourth-order valence-electron chi connectivity index (χ4n) is 1.72. The Morgan fingerprint density at radius 3 is 3.07 bits per heavy atom. The summed E-state index contributed by atoms with van der Waals surface area (Å²) in [7, 11) is 0. The SMILES string of the molecule is O=CC1CCNc2c(Br)cc(F)cc21. The highest BCUT2D eigenvalue weighted by Crippen LogP contribution is 2.36. The molecule has 0 saturated carbocycles. The van der Waals surface area contributed by atoms with E-state index < -0.39 is 0 Å². The fourth-order valence-corrected chi connectivity index (χ4v) is 2.31. The molecule has 2 nitrogen and oxygen atoms in total. The maximum absolute atomic E-state index is 13.1. The van der Waals surface area contributed by atoms with E-state index in [1.54, 1.807) is 0 Å². The molecule has 1 aromatic carbocycles. The van der Waals surface area contributed by atoms with Crippen molar-refractivity contribution in [3.05, 3.63) is 28.0 Å². The molecule has 74 valence electrons. The zero-order valence-electron chi connectivity index (χ0n) is 7.39. The highest BCUT2D eigenvalue weighted by Gasteiger charge is 2.21. The van der Waals surface area contributed by atoms with Crippen molar-refractivity contribution in [3.8, 4) is 0 Å². The minimum Gasteiger partial charge on any atom is -0.384 e. The second-order valence-corrected chi connectivity index (χ2v) is 4.16. The summed E-state index contributed by atoms with van der Waals surface area (Å²) in [5, 5.41) is 3.15. The monoisotopic (exact) mass is 257 g/mol. The van der Waals surface area contributed by atoms with Crippen molar-refractivity contribution in [1.29, 1.82) is 0 Å². The largest absolute Gasteiger partial charge is 0.384 e. The highest BCUT2D eigenvalue weighted by atomic mass is 79.9. The topological polar surface area (TPSA) is 29.1 Å². The molecule has 4 heteroatoms. The zero-order valence-corrected chi connectivity index (χ0v) is 8.97. The number of hydrogen-bond acceptors (Lipinski definition) is 2. The summed E-state index contributed by atoms with van der Waals surface area (Å²) in [4.78, 5) is 10.8. The summed E-state index contributed by atoms with van der Waals surface area (Å²) in [5.41, 5.74) is 1.59. The summed E-state index contributed by atoms with van der Waals surface area (Å²) >= 11 is 3.27. The van der Waals surface area contributed by atoms with Crippen molar-refractivity contribution in [2.24, 2.45) is 0 Å². The molecule has 1 aliphatic heterocycles. The number of nitrogens with one attached hydrogen (secondary N) is 1. The second kappa shape index (κ2) is 3.69. The molecular formula is C10H9BrFNO. The van der Waals surface area contributed by atoms with Gasteiger partial charge in [-0.2, -0.15) is 0 Å². The molecule has 2 rings (SSSR count). The molecule has 0 fully saturated rings. The Balaban J connectivity index is 2.56. The van der Waals surface area contributed by atoms with Crippen LogP contribution in [0.3, 0.4) is 0 Å². The van der Waals surface area contributed by atoms with Crippen LogP contribution in [0.25, 0.3) is 0 Å². The smallest absolute Gasteiger partial charge is 0.127 e. The molecule has 1 heterocycles. The average Bonchev–Trinajstić information content (AvgIpc) is 2.17. The summed E-state index contributed by atoms with van der Waals surface area (Å²) in [6.45, 7) is 0.751. The Morgan fingerprint density at radius 1 is 1.57 bits per heavy atom. The van der Waals surface area contributed by atoms with Gasteiger partial charge in [0.05, 0.1) is 5.69 Å². The fraction of sp³-hybridized carbons (Fsp3) is 0.300. The molecule has 0 amide bonds. The van der Waals surface area contributed by atoms with Crippen LogP contribution in [0.1, 0.15) is 17.9 Å². The number of aldehydes is 1. The first kappa shape index (κ1) is 9.65. The van der Waals surface area contributed by atoms with Crippen molar-refractivity contribution in [1.82, 2.24) is 0 Å². The standard InChI is InChI=1S/C10H9BrFNO/c11-9-4-7(12)3-8-6(5-14)1-2-13-10(8)9/h3-6,13H,1-2H2. The van der Waals surface area contributed by atoms with Gasteiger partial charge in [-0.05, 0) is 40.0 Å². The molecular weight excluding hydrogens is 249 g/mol. The zero-order chi connectivity index (χ0) is 10.1. The predicted octanol–water partition coefficient (Wildman–Crippen LogP) is 2.69. The van der Waals surface area contributed by atoms with Crippen LogP contribution in [0.4, 0.5) is 10.1 Å². The van der Waals surface area contributed by atoms with Crippen molar-refractivity contribution in [2.45, 2.75) is 12.3 Å². The van der Waals surface area contributed by atoms with Crippen LogP contribution in [0.2, 0.25) is 0 Å². The summed E-state index contributed by atoms with van der Waals surface area (Å²) in [6, 6.07) is 2.82. The lowest BCUT2D eigenvalue weighted by atomic mass is 9.92. The Labute approximate surface area is 89.6 Å². The van der Waals surface area contributed by atoms with E-state index in [0.29, 0.717) is 4.47 Å². The van der Waals surface area contributed by atoms with E-state index in [0.717, 1.165) is 30.5 Å². The van der Waals surface area contributed by atoms with Crippen LogP contribution in [0, 0.1) is 5.82 Å². The van der Waals surface area contributed by atoms with Gasteiger partial charge >= 0.3 is 0 Å². The van der Waals surface area contributed by atoms with E-state index in [2.05, 4.69) is 21.2 Å². The number of rotatable bonds is 1. The Bertz CT molecular complexity index is 381. The normalized spacial score (nSPS) is 19.7. The van der Waals surface area contributed by atoms with E-state index in [-0.39, 0.29) is 11.7 Å². The number of benzene rings is 1. The van der Waals surface area contributed by atoms with Gasteiger partial charge in [0.25, 0.3) is 0 Å². The number of carbonyl (C=O) groups excluding carboxylic acids is 1. The van der Waals surface area contributed by atoms with Gasteiger partial charge < -0.3 is 10.1 Å². The lowest BCUT2D eigenvalue weighted by Gasteiger charge is -2.23. The summed E-state index contributed by atoms with van der Waals surface area (Å²) < 4.78 is 13.8. The third-order valence-electron chi connectivity index (χ3n) is 2.41. The Kier molecular flexibility index (Phi) is 2.54. The number of anilines is 1. The third-order valence-corrected chi connectivity index (χ3v) is 3.03. The van der Waals surface area contributed by atoms with Gasteiger partial charge in [-0.15, -0.1) is 0 Å². The lowest BCUT2D eigenvalue weighted by molar-refractivity contribution is -0.109. The molecule has 0 aromatic heterocycles. The van der Waals surface area contributed by atoms with Gasteiger partial charge in [0, 0.05) is 16.9 Å². The molecule has 0 radical (unpaired) electrons. The number of halogens is 2. The first-order chi connectivity index (χ1) is 6.72. The number of fused-ring (bicyclic) bond motifs is 1. The molecule has 0 bridgehead atoms. The van der Waals surface area contributed by atoms with Crippen molar-refractivity contribution in [2.75, 3.05) is 11.9 Å². The van der Waals surface area contributed by atoms with Gasteiger partial charge in [-0.3, -0.25) is 0 Å². The van der Waals surface area contributed by atoms with Crippen LogP contribution in [-0.2, 0) is 4.79 Å². The summed E-state index contributed by atoms with van der Waals surface area (Å²) in [5.74, 6) is -0.496. The molecule has 1 aromatic rings. The van der Waals surface area contributed by atoms with Crippen LogP contribution < -0.4 is 5.32 Å². The molecule has 0 saturated heterocycles. The third kappa shape index (κ3) is 1.54. The predicted molar refractivity (Wildman–Crippen MR) is 56.0 cm³/mol. The van der Waals surface area contributed by atoms with E-state index in [4.69, 9.17) is 0 Å². The van der Waals surface area contributed by atoms with Crippen LogP contribution in [0.15, 0.2) is 16.6 Å². The molecule has 1 unspecified atom stereocenters. The van der Waals surface area contributed by atoms with Crippen molar-refractivity contribution in [3.63, 3.8) is 0 Å². The van der Waals surface area contributed by atoms with E-state index in [9.17, 15) is 9.18 Å². The van der Waals surface area contributed by atoms with E-state index in [1.807, 2.05) is 0 Å². The van der Waals surface area contributed by atoms with Gasteiger partial charge in [0.1, 0.15) is 12.1 Å². The maximum atomic E-state index is 13.1. The average molecular weight is 258 g/mol. The van der Waals surface area contributed by atoms with Crippen LogP contribution >= 0.6 is 15.9 Å². The van der Waals surface area contributed by atoms with E-state index in [1.165, 1.54) is 12.1 Å². The lowest BCUT2D eigenvalue weighted by Crippen LogP contribution is -2.18. The second-order valence-electron chi connectivity index (χ2n) is 3.31. The van der Waals surface area contributed by atoms with E-state index >= 15 is 0 Å². The molecule has 1 atom stereocenters. The van der Waals surface area contributed by atoms with Gasteiger partial charge in [-0.25, -0.2) is 4.39 Å². The molecule has 0 aliphatic carbocycles. The molecule has 14 heavy (non-hydrogen) atoms. The first-order valence-electron chi connectivity index (χ1n) is 4.40. The van der Waals surface area contributed by atoms with Crippen LogP contribution in [0.5, 0.6) is 0 Å². The minimum atomic E-state index is -0.314. The van der Waals surface area contributed by atoms with Crippen molar-refractivity contribution >= 4 is 27.9 Å².